The first-order chi connectivity index (χ1) is 16.1. The van der Waals surface area contributed by atoms with Gasteiger partial charge >= 0.3 is 11.9 Å². The van der Waals surface area contributed by atoms with Crippen molar-refractivity contribution in [2.24, 2.45) is 11.5 Å². The molecule has 0 unspecified atom stereocenters. The van der Waals surface area contributed by atoms with Gasteiger partial charge in [-0.3, -0.25) is 4.79 Å². The van der Waals surface area contributed by atoms with Crippen molar-refractivity contribution in [1.29, 1.82) is 0 Å². The van der Waals surface area contributed by atoms with Gasteiger partial charge in [-0.15, -0.1) is 0 Å². The Kier molecular flexibility index (Phi) is 24.9. The van der Waals surface area contributed by atoms with Crippen molar-refractivity contribution in [2.75, 3.05) is 6.54 Å². The molecule has 4 N–H and O–H groups in total. The predicted molar refractivity (Wildman–Crippen MR) is 140 cm³/mol. The highest BCUT2D eigenvalue weighted by Gasteiger charge is 2.18. The van der Waals surface area contributed by atoms with E-state index in [1.807, 2.05) is 0 Å². The van der Waals surface area contributed by atoms with E-state index >= 15 is 0 Å². The molecule has 0 rings (SSSR count). The van der Waals surface area contributed by atoms with Crippen molar-refractivity contribution in [2.45, 2.75) is 161 Å². The fraction of sp³-hybridized carbons (Fsp3) is 0.929. The van der Waals surface area contributed by atoms with Crippen LogP contribution in [0.25, 0.3) is 0 Å². The SMILES string of the molecule is CCCCCCCCCCCCCCCCCCCCCC(=O)OC(=O)[C@@H](N)CCCCN. The molecule has 5 heteroatoms. The standard InChI is InChI=1S/C28H56N2O3/c1-2-3-4-5-6-7-8-9-10-11-12-13-14-15-16-17-18-19-20-24-27(31)33-28(32)26(30)23-21-22-25-29/h26H,2-25,29-30H2,1H3/t26-/m0/s1. The molecule has 0 saturated carbocycles. The number of hydrogen-bond acceptors (Lipinski definition) is 5. The summed E-state index contributed by atoms with van der Waals surface area (Å²) in [5, 5.41) is 0. The molecular formula is C28H56N2O3. The minimum absolute atomic E-state index is 0.306. The maximum Gasteiger partial charge on any atom is 0.330 e. The van der Waals surface area contributed by atoms with Crippen molar-refractivity contribution >= 4 is 11.9 Å². The minimum Gasteiger partial charge on any atom is -0.392 e. The van der Waals surface area contributed by atoms with Crippen molar-refractivity contribution in [3.8, 4) is 0 Å². The summed E-state index contributed by atoms with van der Waals surface area (Å²) >= 11 is 0. The summed E-state index contributed by atoms with van der Waals surface area (Å²) in [4.78, 5) is 23.5. The minimum atomic E-state index is -0.717. The maximum atomic E-state index is 11.8. The zero-order chi connectivity index (χ0) is 24.4. The lowest BCUT2D eigenvalue weighted by molar-refractivity contribution is -0.160. The molecule has 0 spiro atoms. The monoisotopic (exact) mass is 468 g/mol. The van der Waals surface area contributed by atoms with Gasteiger partial charge < -0.3 is 16.2 Å². The van der Waals surface area contributed by atoms with Crippen LogP contribution in [-0.4, -0.2) is 24.5 Å². The molecule has 0 heterocycles. The Balaban J connectivity index is 3.29. The Hall–Kier alpha value is -0.940. The molecule has 5 nitrogen and oxygen atoms in total. The van der Waals surface area contributed by atoms with Crippen LogP contribution in [0.15, 0.2) is 0 Å². The highest BCUT2D eigenvalue weighted by molar-refractivity contribution is 5.88. The molecule has 0 radical (unpaired) electrons. The molecule has 0 aliphatic heterocycles. The molecule has 0 aliphatic carbocycles. The number of ether oxygens (including phenoxy) is 1. The van der Waals surface area contributed by atoms with Crippen LogP contribution < -0.4 is 11.5 Å². The topological polar surface area (TPSA) is 95.4 Å². The Labute approximate surface area is 205 Å². The average Bonchev–Trinajstić information content (AvgIpc) is 2.80. The molecule has 0 saturated heterocycles. The first kappa shape index (κ1) is 32.1. The lowest BCUT2D eigenvalue weighted by Crippen LogP contribution is -2.33. The molecule has 0 bridgehead atoms. The van der Waals surface area contributed by atoms with E-state index < -0.39 is 18.0 Å². The van der Waals surface area contributed by atoms with Crippen LogP contribution >= 0.6 is 0 Å². The van der Waals surface area contributed by atoms with E-state index in [-0.39, 0.29) is 0 Å². The van der Waals surface area contributed by atoms with Crippen LogP contribution in [-0.2, 0) is 14.3 Å². The second-order valence-corrected chi connectivity index (χ2v) is 9.80. The molecule has 1 atom stereocenters. The predicted octanol–water partition coefficient (Wildman–Crippen LogP) is 7.33. The third kappa shape index (κ3) is 24.0. The van der Waals surface area contributed by atoms with E-state index in [1.165, 1.54) is 103 Å². The molecule has 196 valence electrons. The molecule has 0 aromatic heterocycles. The lowest BCUT2D eigenvalue weighted by atomic mass is 10.0. The Morgan fingerprint density at radius 2 is 1.00 bits per heavy atom. The number of carbonyl (C=O) groups is 2. The normalized spacial score (nSPS) is 12.1. The summed E-state index contributed by atoms with van der Waals surface area (Å²) in [5.41, 5.74) is 11.2. The summed E-state index contributed by atoms with van der Waals surface area (Å²) in [6.45, 7) is 2.86. The van der Waals surface area contributed by atoms with Gasteiger partial charge in [0.2, 0.25) is 0 Å². The van der Waals surface area contributed by atoms with E-state index in [1.54, 1.807) is 0 Å². The van der Waals surface area contributed by atoms with Gasteiger partial charge in [0.05, 0.1) is 0 Å². The fourth-order valence-electron chi connectivity index (χ4n) is 4.21. The summed E-state index contributed by atoms with van der Waals surface area (Å²) in [5.74, 6) is -1.05. The van der Waals surface area contributed by atoms with Crippen molar-refractivity contribution in [3.63, 3.8) is 0 Å². The molecular weight excluding hydrogens is 412 g/mol. The quantitative estimate of drug-likeness (QED) is 0.0830. The van der Waals surface area contributed by atoms with E-state index in [4.69, 9.17) is 16.2 Å². The lowest BCUT2D eigenvalue weighted by Gasteiger charge is -2.09. The summed E-state index contributed by atoms with van der Waals surface area (Å²) in [6.07, 6.45) is 27.6. The summed E-state index contributed by atoms with van der Waals surface area (Å²) in [6, 6.07) is -0.717. The molecule has 33 heavy (non-hydrogen) atoms. The van der Waals surface area contributed by atoms with Gasteiger partial charge in [0.1, 0.15) is 6.04 Å². The van der Waals surface area contributed by atoms with Gasteiger partial charge in [-0.1, -0.05) is 129 Å². The van der Waals surface area contributed by atoms with Crippen LogP contribution in [0.2, 0.25) is 0 Å². The highest BCUT2D eigenvalue weighted by Crippen LogP contribution is 2.15. The number of nitrogens with two attached hydrogens (primary N) is 2. The van der Waals surface area contributed by atoms with Gasteiger partial charge in [-0.2, -0.15) is 0 Å². The van der Waals surface area contributed by atoms with E-state index in [0.29, 0.717) is 19.4 Å². The Morgan fingerprint density at radius 3 is 1.39 bits per heavy atom. The van der Waals surface area contributed by atoms with Crippen LogP contribution in [0.1, 0.15) is 155 Å². The van der Waals surface area contributed by atoms with Gasteiger partial charge in [0.25, 0.3) is 0 Å². The zero-order valence-corrected chi connectivity index (χ0v) is 21.9. The zero-order valence-electron chi connectivity index (χ0n) is 21.9. The summed E-state index contributed by atoms with van der Waals surface area (Å²) in [7, 11) is 0. The number of hydrogen-bond donors (Lipinski definition) is 2. The fourth-order valence-corrected chi connectivity index (χ4v) is 4.21. The molecule has 0 aliphatic rings. The summed E-state index contributed by atoms with van der Waals surface area (Å²) < 4.78 is 4.85. The van der Waals surface area contributed by atoms with E-state index in [9.17, 15) is 9.59 Å². The molecule has 0 aromatic carbocycles. The third-order valence-electron chi connectivity index (χ3n) is 6.47. The van der Waals surface area contributed by atoms with Gasteiger partial charge in [-0.05, 0) is 25.8 Å². The molecule has 0 aromatic rings. The number of unbranched alkanes of at least 4 members (excludes halogenated alkanes) is 19. The molecule has 0 fully saturated rings. The number of esters is 2. The smallest absolute Gasteiger partial charge is 0.330 e. The number of rotatable bonds is 25. The largest absolute Gasteiger partial charge is 0.392 e. The van der Waals surface area contributed by atoms with Gasteiger partial charge in [0.15, 0.2) is 0 Å². The van der Waals surface area contributed by atoms with Gasteiger partial charge in [0, 0.05) is 6.42 Å². The Bertz CT molecular complexity index is 443. The van der Waals surface area contributed by atoms with Crippen LogP contribution in [0.3, 0.4) is 0 Å². The van der Waals surface area contributed by atoms with Crippen molar-refractivity contribution in [1.82, 2.24) is 0 Å². The maximum absolute atomic E-state index is 11.8. The van der Waals surface area contributed by atoms with Crippen LogP contribution in [0.4, 0.5) is 0 Å². The second kappa shape index (κ2) is 25.7. The average molecular weight is 469 g/mol. The van der Waals surface area contributed by atoms with E-state index in [0.717, 1.165) is 32.1 Å². The second-order valence-electron chi connectivity index (χ2n) is 9.80. The molecule has 0 amide bonds. The highest BCUT2D eigenvalue weighted by atomic mass is 16.6. The van der Waals surface area contributed by atoms with Crippen molar-refractivity contribution < 1.29 is 14.3 Å². The van der Waals surface area contributed by atoms with Crippen LogP contribution in [0.5, 0.6) is 0 Å². The van der Waals surface area contributed by atoms with Crippen LogP contribution in [0, 0.1) is 0 Å². The Morgan fingerprint density at radius 1 is 0.606 bits per heavy atom. The third-order valence-corrected chi connectivity index (χ3v) is 6.47. The first-order valence-corrected chi connectivity index (χ1v) is 14.3. The first-order valence-electron chi connectivity index (χ1n) is 14.3. The number of carbonyl (C=O) groups excluding carboxylic acids is 2. The van der Waals surface area contributed by atoms with Gasteiger partial charge in [-0.25, -0.2) is 4.79 Å². The van der Waals surface area contributed by atoms with Crippen molar-refractivity contribution in [3.05, 3.63) is 0 Å². The van der Waals surface area contributed by atoms with E-state index in [2.05, 4.69) is 6.92 Å².